The van der Waals surface area contributed by atoms with E-state index in [1.54, 1.807) is 18.5 Å². The number of nitrogens with one attached hydrogen (secondary N) is 1. The van der Waals surface area contributed by atoms with E-state index in [2.05, 4.69) is 22.2 Å². The minimum absolute atomic E-state index is 0.0837. The number of hydrogen-bond donors (Lipinski definition) is 1. The first-order chi connectivity index (χ1) is 11.2. The van der Waals surface area contributed by atoms with E-state index in [-0.39, 0.29) is 5.91 Å². The number of carbonyl (C=O) groups excluding carboxylic acids is 1. The highest BCUT2D eigenvalue weighted by Gasteiger charge is 2.21. The molecule has 2 heterocycles. The molecule has 0 unspecified atom stereocenters. The van der Waals surface area contributed by atoms with E-state index in [4.69, 9.17) is 0 Å². The summed E-state index contributed by atoms with van der Waals surface area (Å²) < 4.78 is 1.84. The van der Waals surface area contributed by atoms with E-state index in [0.29, 0.717) is 18.2 Å². The van der Waals surface area contributed by atoms with Gasteiger partial charge in [0.2, 0.25) is 5.95 Å². The summed E-state index contributed by atoms with van der Waals surface area (Å²) in [4.78, 5) is 21.4. The van der Waals surface area contributed by atoms with Crippen LogP contribution in [-0.2, 0) is 0 Å². The van der Waals surface area contributed by atoms with E-state index in [0.717, 1.165) is 29.3 Å². The highest BCUT2D eigenvalue weighted by molar-refractivity contribution is 6.02. The summed E-state index contributed by atoms with van der Waals surface area (Å²) in [5.74, 6) is 0.428. The Bertz CT molecular complexity index is 824. The molecule has 1 aromatic carbocycles. The number of carbonyl (C=O) groups is 1. The molecule has 3 rings (SSSR count). The number of rotatable bonds is 5. The lowest BCUT2D eigenvalue weighted by Crippen LogP contribution is -2.27. The third-order valence-electron chi connectivity index (χ3n) is 3.91. The summed E-state index contributed by atoms with van der Waals surface area (Å²) in [6.07, 6.45) is 5.38. The van der Waals surface area contributed by atoms with Crippen LogP contribution < -0.4 is 5.32 Å². The molecule has 118 valence electrons. The molecule has 0 radical (unpaired) electrons. The Hall–Kier alpha value is -2.69. The van der Waals surface area contributed by atoms with Gasteiger partial charge in [-0.05, 0) is 31.0 Å². The summed E-state index contributed by atoms with van der Waals surface area (Å²) in [6, 6.07) is 9.71. The molecule has 5 heteroatoms. The second-order valence-corrected chi connectivity index (χ2v) is 5.48. The highest BCUT2D eigenvalue weighted by atomic mass is 16.1. The molecule has 1 N–H and O–H groups in total. The number of nitrogens with zero attached hydrogens (tertiary/aromatic N) is 3. The summed E-state index contributed by atoms with van der Waals surface area (Å²) in [6.45, 7) is 4.74. The number of aryl methyl sites for hydroxylation is 1. The van der Waals surface area contributed by atoms with Gasteiger partial charge < -0.3 is 5.32 Å². The fourth-order valence-electron chi connectivity index (χ4n) is 2.75. The van der Waals surface area contributed by atoms with Crippen LogP contribution in [0, 0.1) is 6.92 Å². The van der Waals surface area contributed by atoms with Crippen molar-refractivity contribution in [2.75, 3.05) is 6.54 Å². The van der Waals surface area contributed by atoms with Gasteiger partial charge in [-0.3, -0.25) is 9.36 Å². The first kappa shape index (κ1) is 15.2. The number of unbranched alkanes of at least 4 members (excludes halogenated alkanes) is 1. The third-order valence-corrected chi connectivity index (χ3v) is 3.91. The van der Waals surface area contributed by atoms with Gasteiger partial charge in [0, 0.05) is 24.3 Å². The van der Waals surface area contributed by atoms with Crippen molar-refractivity contribution in [2.45, 2.75) is 26.7 Å². The Kier molecular flexibility index (Phi) is 4.37. The molecule has 23 heavy (non-hydrogen) atoms. The fraction of sp³-hybridized carbons (Fsp3) is 0.278. The van der Waals surface area contributed by atoms with Gasteiger partial charge in [0.05, 0.1) is 5.52 Å². The van der Waals surface area contributed by atoms with E-state index < -0.39 is 0 Å². The van der Waals surface area contributed by atoms with Gasteiger partial charge in [-0.25, -0.2) is 9.97 Å². The number of amides is 1. The Labute approximate surface area is 135 Å². The Balaban J connectivity index is 2.16. The fourth-order valence-corrected chi connectivity index (χ4v) is 2.75. The molecular weight excluding hydrogens is 288 g/mol. The lowest BCUT2D eigenvalue weighted by molar-refractivity contribution is 0.0946. The molecule has 0 aliphatic rings. The van der Waals surface area contributed by atoms with E-state index >= 15 is 0 Å². The van der Waals surface area contributed by atoms with Crippen molar-refractivity contribution in [3.8, 4) is 5.95 Å². The van der Waals surface area contributed by atoms with Gasteiger partial charge in [0.1, 0.15) is 5.69 Å². The molecule has 2 aromatic heterocycles. The zero-order valence-corrected chi connectivity index (χ0v) is 13.4. The van der Waals surface area contributed by atoms with E-state index in [9.17, 15) is 4.79 Å². The lowest BCUT2D eigenvalue weighted by atomic mass is 10.1. The average Bonchev–Trinajstić information content (AvgIpc) is 2.89. The zero-order chi connectivity index (χ0) is 16.2. The van der Waals surface area contributed by atoms with Crippen LogP contribution in [0.4, 0.5) is 0 Å². The van der Waals surface area contributed by atoms with Crippen molar-refractivity contribution in [3.05, 3.63) is 54.0 Å². The maximum absolute atomic E-state index is 12.7. The third kappa shape index (κ3) is 2.82. The molecule has 0 saturated carbocycles. The molecule has 0 spiro atoms. The maximum atomic E-state index is 12.7. The van der Waals surface area contributed by atoms with Gasteiger partial charge >= 0.3 is 0 Å². The average molecular weight is 308 g/mol. The summed E-state index contributed by atoms with van der Waals surface area (Å²) in [5, 5.41) is 4.04. The Morgan fingerprint density at radius 1 is 1.17 bits per heavy atom. The van der Waals surface area contributed by atoms with Crippen molar-refractivity contribution in [2.24, 2.45) is 0 Å². The molecule has 0 bridgehead atoms. The molecule has 1 amide bonds. The van der Waals surface area contributed by atoms with Gasteiger partial charge in [-0.15, -0.1) is 0 Å². The zero-order valence-electron chi connectivity index (χ0n) is 13.4. The van der Waals surface area contributed by atoms with Crippen LogP contribution in [0.25, 0.3) is 16.9 Å². The lowest BCUT2D eigenvalue weighted by Gasteiger charge is -2.10. The molecule has 0 aliphatic heterocycles. The monoisotopic (exact) mass is 308 g/mol. The van der Waals surface area contributed by atoms with Crippen LogP contribution >= 0.6 is 0 Å². The molecular formula is C18H20N4O. The van der Waals surface area contributed by atoms with Crippen molar-refractivity contribution < 1.29 is 4.79 Å². The molecule has 0 atom stereocenters. The standard InChI is InChI=1S/C18H20N4O/c1-3-4-10-19-17(23)16-13(2)14-8-5-6-9-15(14)22(16)18-20-11-7-12-21-18/h5-9,11-12H,3-4,10H2,1-2H3,(H,19,23). The molecule has 3 aromatic rings. The van der Waals surface area contributed by atoms with Gasteiger partial charge in [0.15, 0.2) is 0 Å². The predicted octanol–water partition coefficient (Wildman–Crippen LogP) is 3.26. The molecule has 0 saturated heterocycles. The van der Waals surface area contributed by atoms with Crippen molar-refractivity contribution >= 4 is 16.8 Å². The number of para-hydroxylation sites is 1. The smallest absolute Gasteiger partial charge is 0.268 e. The topological polar surface area (TPSA) is 59.8 Å². The Morgan fingerprint density at radius 2 is 1.91 bits per heavy atom. The van der Waals surface area contributed by atoms with Crippen molar-refractivity contribution in [1.29, 1.82) is 0 Å². The molecule has 5 nitrogen and oxygen atoms in total. The van der Waals surface area contributed by atoms with Gasteiger partial charge in [-0.2, -0.15) is 0 Å². The summed E-state index contributed by atoms with van der Waals surface area (Å²) in [5.41, 5.74) is 2.49. The Morgan fingerprint density at radius 3 is 2.65 bits per heavy atom. The summed E-state index contributed by atoms with van der Waals surface area (Å²) in [7, 11) is 0. The SMILES string of the molecule is CCCCNC(=O)c1c(C)c2ccccc2n1-c1ncccn1. The number of fused-ring (bicyclic) bond motifs is 1. The highest BCUT2D eigenvalue weighted by Crippen LogP contribution is 2.27. The maximum Gasteiger partial charge on any atom is 0.268 e. The number of hydrogen-bond acceptors (Lipinski definition) is 3. The number of benzene rings is 1. The first-order valence-corrected chi connectivity index (χ1v) is 7.89. The van der Waals surface area contributed by atoms with Crippen LogP contribution in [0.3, 0.4) is 0 Å². The van der Waals surface area contributed by atoms with Gasteiger partial charge in [-0.1, -0.05) is 31.5 Å². The van der Waals surface area contributed by atoms with Crippen LogP contribution in [0.1, 0.15) is 35.8 Å². The van der Waals surface area contributed by atoms with Crippen molar-refractivity contribution in [3.63, 3.8) is 0 Å². The second-order valence-electron chi connectivity index (χ2n) is 5.48. The predicted molar refractivity (Wildman–Crippen MR) is 90.8 cm³/mol. The van der Waals surface area contributed by atoms with Crippen molar-refractivity contribution in [1.82, 2.24) is 19.9 Å². The van der Waals surface area contributed by atoms with E-state index in [1.165, 1.54) is 0 Å². The molecule has 0 aliphatic carbocycles. The molecule has 0 fully saturated rings. The summed E-state index contributed by atoms with van der Waals surface area (Å²) >= 11 is 0. The largest absolute Gasteiger partial charge is 0.351 e. The first-order valence-electron chi connectivity index (χ1n) is 7.89. The van der Waals surface area contributed by atoms with E-state index in [1.807, 2.05) is 35.8 Å². The normalized spacial score (nSPS) is 10.9. The minimum atomic E-state index is -0.0837. The quantitative estimate of drug-likeness (QED) is 0.736. The van der Waals surface area contributed by atoms with Crippen LogP contribution in [0.15, 0.2) is 42.7 Å². The van der Waals surface area contributed by atoms with Crippen LogP contribution in [0.2, 0.25) is 0 Å². The second kappa shape index (κ2) is 6.60. The number of aromatic nitrogens is 3. The van der Waals surface area contributed by atoms with Crippen LogP contribution in [-0.4, -0.2) is 27.0 Å². The van der Waals surface area contributed by atoms with Crippen LogP contribution in [0.5, 0.6) is 0 Å². The van der Waals surface area contributed by atoms with Gasteiger partial charge in [0.25, 0.3) is 5.91 Å². The minimum Gasteiger partial charge on any atom is -0.351 e.